The maximum atomic E-state index is 12.2. The molecule has 0 radical (unpaired) electrons. The van der Waals surface area contributed by atoms with Crippen molar-refractivity contribution >= 4 is 17.4 Å². The second-order valence-electron chi connectivity index (χ2n) is 4.83. The zero-order chi connectivity index (χ0) is 15.7. The average molecular weight is 292 g/mol. The lowest BCUT2D eigenvalue weighted by atomic mass is 10.2. The van der Waals surface area contributed by atoms with Crippen LogP contribution in [0.2, 0.25) is 0 Å². The Morgan fingerprint density at radius 1 is 1.23 bits per heavy atom. The highest BCUT2D eigenvalue weighted by atomic mass is 16.2. The molecule has 7 heteroatoms. The summed E-state index contributed by atoms with van der Waals surface area (Å²) >= 11 is 0. The summed E-state index contributed by atoms with van der Waals surface area (Å²) in [6.45, 7) is 3.73. The van der Waals surface area contributed by atoms with Crippen LogP contribution in [0.3, 0.4) is 0 Å². The summed E-state index contributed by atoms with van der Waals surface area (Å²) in [6.07, 6.45) is 0. The molecule has 0 aliphatic carbocycles. The quantitative estimate of drug-likeness (QED) is 0.777. The van der Waals surface area contributed by atoms with E-state index in [1.165, 1.54) is 4.52 Å². The summed E-state index contributed by atoms with van der Waals surface area (Å²) in [5, 5.41) is 15.6. The molecule has 0 atom stereocenters. The van der Waals surface area contributed by atoms with E-state index in [1.807, 2.05) is 26.0 Å². The molecule has 2 aromatic heterocycles. The minimum absolute atomic E-state index is 0.0468. The predicted molar refractivity (Wildman–Crippen MR) is 79.4 cm³/mol. The molecule has 1 N–H and O–H groups in total. The predicted octanol–water partition coefficient (Wildman–Crippen LogP) is 1.87. The SMILES string of the molecule is Cc1cc(C)n2nc(C(=O)Nc3ccc(C#N)cc3)nc2n1. The molecule has 0 bridgehead atoms. The van der Waals surface area contributed by atoms with Gasteiger partial charge in [0, 0.05) is 17.1 Å². The van der Waals surface area contributed by atoms with Crippen LogP contribution in [-0.4, -0.2) is 25.5 Å². The maximum absolute atomic E-state index is 12.2. The van der Waals surface area contributed by atoms with E-state index in [2.05, 4.69) is 20.4 Å². The molecule has 22 heavy (non-hydrogen) atoms. The van der Waals surface area contributed by atoms with E-state index in [1.54, 1.807) is 24.3 Å². The molecule has 2 heterocycles. The van der Waals surface area contributed by atoms with E-state index >= 15 is 0 Å². The van der Waals surface area contributed by atoms with Gasteiger partial charge in [0.05, 0.1) is 11.6 Å². The fourth-order valence-electron chi connectivity index (χ4n) is 2.08. The monoisotopic (exact) mass is 292 g/mol. The smallest absolute Gasteiger partial charge is 0.295 e. The fraction of sp³-hybridized carbons (Fsp3) is 0.133. The molecule has 0 aliphatic heterocycles. The van der Waals surface area contributed by atoms with Crippen LogP contribution >= 0.6 is 0 Å². The standard InChI is InChI=1S/C15H12N6O/c1-9-7-10(2)21-15(17-9)19-13(20-21)14(22)18-12-5-3-11(8-16)4-6-12/h3-7H,1-2H3,(H,18,22). The third-order valence-corrected chi connectivity index (χ3v) is 3.09. The number of nitrogens with one attached hydrogen (secondary N) is 1. The molecule has 0 spiro atoms. The van der Waals surface area contributed by atoms with Gasteiger partial charge in [-0.25, -0.2) is 9.50 Å². The Morgan fingerprint density at radius 2 is 1.95 bits per heavy atom. The van der Waals surface area contributed by atoms with Crippen LogP contribution in [0.4, 0.5) is 5.69 Å². The van der Waals surface area contributed by atoms with Crippen molar-refractivity contribution in [2.24, 2.45) is 0 Å². The van der Waals surface area contributed by atoms with E-state index in [9.17, 15) is 4.79 Å². The molecule has 0 fully saturated rings. The molecule has 108 valence electrons. The van der Waals surface area contributed by atoms with Crippen molar-refractivity contribution < 1.29 is 4.79 Å². The molecule has 3 rings (SSSR count). The van der Waals surface area contributed by atoms with Crippen molar-refractivity contribution in [2.75, 3.05) is 5.32 Å². The zero-order valence-electron chi connectivity index (χ0n) is 12.0. The number of hydrogen-bond acceptors (Lipinski definition) is 5. The van der Waals surface area contributed by atoms with E-state index < -0.39 is 5.91 Å². The number of anilines is 1. The topological polar surface area (TPSA) is 96.0 Å². The Kier molecular flexibility index (Phi) is 3.27. The number of carbonyl (C=O) groups is 1. The Bertz CT molecular complexity index is 904. The molecule has 3 aromatic rings. The number of hydrogen-bond donors (Lipinski definition) is 1. The average Bonchev–Trinajstić information content (AvgIpc) is 2.92. The summed E-state index contributed by atoms with van der Waals surface area (Å²) < 4.78 is 1.53. The molecule has 1 aromatic carbocycles. The number of nitriles is 1. The van der Waals surface area contributed by atoms with Crippen LogP contribution in [0.5, 0.6) is 0 Å². The van der Waals surface area contributed by atoms with Crippen molar-refractivity contribution in [3.8, 4) is 6.07 Å². The summed E-state index contributed by atoms with van der Waals surface area (Å²) in [6, 6.07) is 10.4. The van der Waals surface area contributed by atoms with Gasteiger partial charge in [-0.2, -0.15) is 10.2 Å². The van der Waals surface area contributed by atoms with Crippen LogP contribution in [0, 0.1) is 25.2 Å². The minimum atomic E-state index is -0.424. The minimum Gasteiger partial charge on any atom is -0.319 e. The van der Waals surface area contributed by atoms with Crippen molar-refractivity contribution in [3.63, 3.8) is 0 Å². The van der Waals surface area contributed by atoms with Gasteiger partial charge in [-0.15, -0.1) is 5.10 Å². The first-order chi connectivity index (χ1) is 10.6. The number of carbonyl (C=O) groups excluding carboxylic acids is 1. The highest BCUT2D eigenvalue weighted by Crippen LogP contribution is 2.11. The normalized spacial score (nSPS) is 10.4. The molecular formula is C15H12N6O. The van der Waals surface area contributed by atoms with E-state index in [-0.39, 0.29) is 5.82 Å². The van der Waals surface area contributed by atoms with Crippen LogP contribution in [0.15, 0.2) is 30.3 Å². The lowest BCUT2D eigenvalue weighted by Gasteiger charge is -2.01. The van der Waals surface area contributed by atoms with E-state index in [0.29, 0.717) is 17.0 Å². The number of aryl methyl sites for hydroxylation is 2. The van der Waals surface area contributed by atoms with Gasteiger partial charge in [-0.05, 0) is 44.2 Å². The van der Waals surface area contributed by atoms with Gasteiger partial charge in [0.2, 0.25) is 5.82 Å². The van der Waals surface area contributed by atoms with Crippen LogP contribution < -0.4 is 5.32 Å². The largest absolute Gasteiger partial charge is 0.319 e. The third-order valence-electron chi connectivity index (χ3n) is 3.09. The van der Waals surface area contributed by atoms with Crippen molar-refractivity contribution in [2.45, 2.75) is 13.8 Å². The van der Waals surface area contributed by atoms with Crippen molar-refractivity contribution in [1.29, 1.82) is 5.26 Å². The van der Waals surface area contributed by atoms with Crippen LogP contribution in [0.1, 0.15) is 27.6 Å². The number of nitrogens with zero attached hydrogens (tertiary/aromatic N) is 5. The van der Waals surface area contributed by atoms with Crippen molar-refractivity contribution in [1.82, 2.24) is 19.6 Å². The first-order valence-corrected chi connectivity index (χ1v) is 6.59. The maximum Gasteiger partial charge on any atom is 0.295 e. The summed E-state index contributed by atoms with van der Waals surface area (Å²) in [7, 11) is 0. The highest BCUT2D eigenvalue weighted by Gasteiger charge is 2.15. The molecule has 0 saturated heterocycles. The molecule has 0 aliphatic rings. The van der Waals surface area contributed by atoms with Crippen molar-refractivity contribution in [3.05, 3.63) is 53.1 Å². The second-order valence-corrected chi connectivity index (χ2v) is 4.83. The van der Waals surface area contributed by atoms with Gasteiger partial charge < -0.3 is 5.32 Å². The summed E-state index contributed by atoms with van der Waals surface area (Å²) in [5.41, 5.74) is 2.77. The number of amides is 1. The Hall–Kier alpha value is -3.27. The lowest BCUT2D eigenvalue weighted by molar-refractivity contribution is 0.101. The van der Waals surface area contributed by atoms with Crippen LogP contribution in [-0.2, 0) is 0 Å². The fourth-order valence-corrected chi connectivity index (χ4v) is 2.08. The van der Waals surface area contributed by atoms with Gasteiger partial charge >= 0.3 is 0 Å². The van der Waals surface area contributed by atoms with Gasteiger partial charge in [-0.3, -0.25) is 4.79 Å². The lowest BCUT2D eigenvalue weighted by Crippen LogP contribution is -2.14. The Morgan fingerprint density at radius 3 is 2.64 bits per heavy atom. The van der Waals surface area contributed by atoms with E-state index in [4.69, 9.17) is 5.26 Å². The van der Waals surface area contributed by atoms with E-state index in [0.717, 1.165) is 11.4 Å². The van der Waals surface area contributed by atoms with Gasteiger partial charge in [0.15, 0.2) is 0 Å². The third kappa shape index (κ3) is 2.50. The van der Waals surface area contributed by atoms with Gasteiger partial charge in [0.25, 0.3) is 11.7 Å². The summed E-state index contributed by atoms with van der Waals surface area (Å²) in [5.74, 6) is 0.0142. The summed E-state index contributed by atoms with van der Waals surface area (Å²) in [4.78, 5) is 20.6. The first-order valence-electron chi connectivity index (χ1n) is 6.59. The second kappa shape index (κ2) is 5.26. The zero-order valence-corrected chi connectivity index (χ0v) is 12.0. The number of benzene rings is 1. The number of rotatable bonds is 2. The van der Waals surface area contributed by atoms with Gasteiger partial charge in [0.1, 0.15) is 0 Å². The molecule has 0 saturated carbocycles. The molecule has 7 nitrogen and oxygen atoms in total. The first kappa shape index (κ1) is 13.7. The molecular weight excluding hydrogens is 280 g/mol. The van der Waals surface area contributed by atoms with Crippen LogP contribution in [0.25, 0.3) is 5.78 Å². The Balaban J connectivity index is 1.88. The van der Waals surface area contributed by atoms with Gasteiger partial charge in [-0.1, -0.05) is 0 Å². The molecule has 0 unspecified atom stereocenters. The highest BCUT2D eigenvalue weighted by molar-refractivity contribution is 6.01. The Labute approximate surface area is 126 Å². The number of aromatic nitrogens is 4. The molecule has 1 amide bonds. The number of fused-ring (bicyclic) bond motifs is 1.